The predicted molar refractivity (Wildman–Crippen MR) is 117 cm³/mol. The lowest BCUT2D eigenvalue weighted by Crippen LogP contribution is -2.41. The van der Waals surface area contributed by atoms with E-state index in [0.29, 0.717) is 43.0 Å². The Hall–Kier alpha value is -3.08. The van der Waals surface area contributed by atoms with Crippen molar-refractivity contribution in [3.63, 3.8) is 0 Å². The third-order valence-electron chi connectivity index (χ3n) is 5.13. The predicted octanol–water partition coefficient (Wildman–Crippen LogP) is 3.08. The zero-order valence-electron chi connectivity index (χ0n) is 17.9. The molecule has 3 rings (SSSR count). The molecule has 11 heteroatoms. The van der Waals surface area contributed by atoms with Crippen LogP contribution in [0.5, 0.6) is 11.5 Å². The molecule has 0 unspecified atom stereocenters. The largest absolute Gasteiger partial charge is 0.490 e. The Morgan fingerprint density at radius 1 is 1.31 bits per heavy atom. The first-order valence-corrected chi connectivity index (χ1v) is 12.1. The van der Waals surface area contributed by atoms with E-state index in [1.165, 1.54) is 30.3 Å². The lowest BCUT2D eigenvalue weighted by Gasteiger charge is -2.30. The van der Waals surface area contributed by atoms with Crippen LogP contribution in [-0.4, -0.2) is 67.8 Å². The van der Waals surface area contributed by atoms with Crippen molar-refractivity contribution in [2.75, 3.05) is 37.5 Å². The molecule has 0 atom stereocenters. The number of piperidine rings is 1. The van der Waals surface area contributed by atoms with Crippen LogP contribution in [0.4, 0.5) is 20.7 Å². The second-order valence-corrected chi connectivity index (χ2v) is 9.86. The molecule has 1 amide bonds. The molecule has 0 radical (unpaired) electrons. The van der Waals surface area contributed by atoms with Crippen LogP contribution in [-0.2, 0) is 16.3 Å². The summed E-state index contributed by atoms with van der Waals surface area (Å²) < 4.78 is 48.7. The first-order valence-electron chi connectivity index (χ1n) is 10.1. The number of hydrogen-bond donors (Lipinski definition) is 2. The number of carbonyl (C=O) groups is 1. The Bertz CT molecular complexity index is 1070. The lowest BCUT2D eigenvalue weighted by molar-refractivity contribution is 0.0878. The maximum absolute atomic E-state index is 14.6. The lowest BCUT2D eigenvalue weighted by atomic mass is 10.1. The van der Waals surface area contributed by atoms with Gasteiger partial charge in [-0.05, 0) is 24.1 Å². The maximum atomic E-state index is 14.6. The smallest absolute Gasteiger partial charge is 0.407 e. The standard InChI is InChI=1S/C21H26FN3O6S/c1-30-19-18(31-15-6-10-25(11-7-15)21(26)27)5-9-23-20(19)24-17-4-3-14(13-16(17)22)8-12-32(2,28)29/h3-5,9,13,15H,6-8,10-12H2,1-2H3,(H,23,24)(H,26,27). The Morgan fingerprint density at radius 3 is 2.62 bits per heavy atom. The summed E-state index contributed by atoms with van der Waals surface area (Å²) in [7, 11) is -1.69. The molecule has 1 saturated heterocycles. The molecule has 1 fully saturated rings. The van der Waals surface area contributed by atoms with Crippen LogP contribution >= 0.6 is 0 Å². The summed E-state index contributed by atoms with van der Waals surface area (Å²) in [5.74, 6) is 0.375. The number of nitrogens with one attached hydrogen (secondary N) is 1. The number of methoxy groups -OCH3 is 1. The number of nitrogens with zero attached hydrogens (tertiary/aromatic N) is 2. The van der Waals surface area contributed by atoms with E-state index < -0.39 is 21.7 Å². The average molecular weight is 468 g/mol. The van der Waals surface area contributed by atoms with Gasteiger partial charge in [-0.25, -0.2) is 22.6 Å². The van der Waals surface area contributed by atoms with Gasteiger partial charge in [0.05, 0.1) is 18.6 Å². The SMILES string of the molecule is COc1c(OC2CCN(C(=O)O)CC2)ccnc1Nc1ccc(CCS(C)(=O)=O)cc1F. The van der Waals surface area contributed by atoms with Gasteiger partial charge in [-0.15, -0.1) is 0 Å². The molecular formula is C21H26FN3O6S. The number of halogens is 1. The minimum Gasteiger partial charge on any atom is -0.490 e. The van der Waals surface area contributed by atoms with Gasteiger partial charge < -0.3 is 24.8 Å². The van der Waals surface area contributed by atoms with Gasteiger partial charge in [-0.1, -0.05) is 6.07 Å². The maximum Gasteiger partial charge on any atom is 0.407 e. The number of anilines is 2. The molecule has 0 spiro atoms. The van der Waals surface area contributed by atoms with E-state index in [4.69, 9.17) is 14.6 Å². The van der Waals surface area contributed by atoms with E-state index in [9.17, 15) is 17.6 Å². The molecule has 1 aliphatic heterocycles. The summed E-state index contributed by atoms with van der Waals surface area (Å²) in [4.78, 5) is 16.6. The van der Waals surface area contributed by atoms with Crippen molar-refractivity contribution in [1.82, 2.24) is 9.88 Å². The monoisotopic (exact) mass is 467 g/mol. The van der Waals surface area contributed by atoms with Crippen molar-refractivity contribution in [1.29, 1.82) is 0 Å². The number of sulfone groups is 1. The molecule has 2 aromatic rings. The molecule has 0 bridgehead atoms. The highest BCUT2D eigenvalue weighted by atomic mass is 32.2. The highest BCUT2D eigenvalue weighted by molar-refractivity contribution is 7.90. The topological polar surface area (TPSA) is 118 Å². The van der Waals surface area contributed by atoms with Crippen LogP contribution in [0.25, 0.3) is 0 Å². The fourth-order valence-electron chi connectivity index (χ4n) is 3.40. The van der Waals surface area contributed by atoms with Gasteiger partial charge in [0, 0.05) is 44.5 Å². The third-order valence-corrected chi connectivity index (χ3v) is 6.07. The summed E-state index contributed by atoms with van der Waals surface area (Å²) in [6, 6.07) is 6.09. The molecule has 32 heavy (non-hydrogen) atoms. The van der Waals surface area contributed by atoms with Crippen LogP contribution in [0.15, 0.2) is 30.5 Å². The van der Waals surface area contributed by atoms with Crippen molar-refractivity contribution in [3.05, 3.63) is 41.8 Å². The minimum atomic E-state index is -3.14. The van der Waals surface area contributed by atoms with Gasteiger partial charge in [0.15, 0.2) is 11.6 Å². The van der Waals surface area contributed by atoms with Crippen molar-refractivity contribution >= 4 is 27.4 Å². The fraction of sp³-hybridized carbons (Fsp3) is 0.429. The number of carboxylic acid groups (broad SMARTS) is 1. The van der Waals surface area contributed by atoms with Crippen LogP contribution in [0, 0.1) is 5.82 Å². The second-order valence-electron chi connectivity index (χ2n) is 7.60. The zero-order valence-corrected chi connectivity index (χ0v) is 18.7. The number of ether oxygens (including phenoxy) is 2. The first kappa shape index (κ1) is 23.6. The van der Waals surface area contributed by atoms with E-state index in [-0.39, 0.29) is 29.8 Å². The third kappa shape index (κ3) is 6.22. The van der Waals surface area contributed by atoms with Crippen molar-refractivity contribution in [2.45, 2.75) is 25.4 Å². The molecule has 0 aliphatic carbocycles. The molecule has 1 aromatic carbocycles. The number of benzene rings is 1. The minimum absolute atomic E-state index is 0.0562. The molecule has 174 valence electrons. The van der Waals surface area contributed by atoms with E-state index in [2.05, 4.69) is 10.3 Å². The molecule has 2 heterocycles. The summed E-state index contributed by atoms with van der Waals surface area (Å²) >= 11 is 0. The highest BCUT2D eigenvalue weighted by Gasteiger charge is 2.25. The molecule has 9 nitrogen and oxygen atoms in total. The Labute approximate surface area is 186 Å². The molecule has 0 saturated carbocycles. The van der Waals surface area contributed by atoms with Crippen molar-refractivity contribution in [2.24, 2.45) is 0 Å². The number of rotatable bonds is 8. The summed E-state index contributed by atoms with van der Waals surface area (Å²) in [6.07, 6.45) is 2.84. The second kappa shape index (κ2) is 10.0. The van der Waals surface area contributed by atoms with Gasteiger partial charge in [-0.2, -0.15) is 0 Å². The molecular weight excluding hydrogens is 441 g/mol. The van der Waals surface area contributed by atoms with Gasteiger partial charge in [0.25, 0.3) is 0 Å². The molecule has 1 aliphatic rings. The van der Waals surface area contributed by atoms with Crippen molar-refractivity contribution < 1.29 is 32.2 Å². The number of likely N-dealkylation sites (tertiary alicyclic amines) is 1. The van der Waals surface area contributed by atoms with E-state index in [1.807, 2.05) is 0 Å². The Morgan fingerprint density at radius 2 is 2.03 bits per heavy atom. The van der Waals surface area contributed by atoms with Crippen molar-refractivity contribution in [3.8, 4) is 11.5 Å². The van der Waals surface area contributed by atoms with E-state index in [1.54, 1.807) is 12.1 Å². The highest BCUT2D eigenvalue weighted by Crippen LogP contribution is 2.37. The normalized spacial score (nSPS) is 14.8. The Kier molecular flexibility index (Phi) is 7.39. The van der Waals surface area contributed by atoms with Gasteiger partial charge in [0.2, 0.25) is 5.75 Å². The fourth-order valence-corrected chi connectivity index (χ4v) is 4.01. The molecule has 1 aromatic heterocycles. The number of pyridine rings is 1. The average Bonchev–Trinajstić information content (AvgIpc) is 2.74. The number of aryl methyl sites for hydroxylation is 1. The van der Waals surface area contributed by atoms with Crippen LogP contribution < -0.4 is 14.8 Å². The van der Waals surface area contributed by atoms with Crippen LogP contribution in [0.3, 0.4) is 0 Å². The zero-order chi connectivity index (χ0) is 23.3. The summed E-state index contributed by atoms with van der Waals surface area (Å²) in [6.45, 7) is 0.769. The van der Waals surface area contributed by atoms with E-state index in [0.717, 1.165) is 6.26 Å². The van der Waals surface area contributed by atoms with E-state index >= 15 is 0 Å². The van der Waals surface area contributed by atoms with Crippen LogP contribution in [0.1, 0.15) is 18.4 Å². The summed E-state index contributed by atoms with van der Waals surface area (Å²) in [5.41, 5.74) is 0.731. The van der Waals surface area contributed by atoms with Gasteiger partial charge in [0.1, 0.15) is 21.8 Å². The summed E-state index contributed by atoms with van der Waals surface area (Å²) in [5, 5.41) is 12.0. The van der Waals surface area contributed by atoms with Gasteiger partial charge >= 0.3 is 6.09 Å². The number of amides is 1. The molecule has 2 N–H and O–H groups in total. The van der Waals surface area contributed by atoms with Crippen LogP contribution in [0.2, 0.25) is 0 Å². The number of aromatic nitrogens is 1. The first-order chi connectivity index (χ1) is 15.2. The number of hydrogen-bond acceptors (Lipinski definition) is 7. The van der Waals surface area contributed by atoms with Gasteiger partial charge in [-0.3, -0.25) is 0 Å². The quantitative estimate of drug-likeness (QED) is 0.608. The Balaban J connectivity index is 1.72.